The average Bonchev–Trinajstić information content (AvgIpc) is 3.42. The highest BCUT2D eigenvalue weighted by molar-refractivity contribution is 7.51. The van der Waals surface area contributed by atoms with E-state index in [0.29, 0.717) is 22.4 Å². The van der Waals surface area contributed by atoms with Crippen molar-refractivity contribution in [3.05, 3.63) is 67.9 Å². The van der Waals surface area contributed by atoms with Crippen molar-refractivity contribution >= 4 is 60.0 Å². The van der Waals surface area contributed by atoms with E-state index in [1.807, 2.05) is 52.8 Å². The molecule has 0 atom stereocenters. The fourth-order valence-corrected chi connectivity index (χ4v) is 5.15. The number of ether oxygens (including phenoxy) is 2. The van der Waals surface area contributed by atoms with Crippen LogP contribution >= 0.6 is 42.4 Å². The molecule has 14 nitrogen and oxygen atoms in total. The number of carboxylic acid groups (broad SMARTS) is 1. The first-order chi connectivity index (χ1) is 23.2. The number of para-hydroxylation sites is 1. The van der Waals surface area contributed by atoms with Gasteiger partial charge in [-0.3, -0.25) is 24.4 Å². The second kappa shape index (κ2) is 20.8. The van der Waals surface area contributed by atoms with Gasteiger partial charge in [0.15, 0.2) is 0 Å². The number of carboxylic acids is 1. The van der Waals surface area contributed by atoms with Crippen molar-refractivity contribution < 1.29 is 42.9 Å². The monoisotopic (exact) mass is 782 g/mol. The fourth-order valence-electron chi connectivity index (χ4n) is 4.09. The van der Waals surface area contributed by atoms with Gasteiger partial charge in [-0.15, -0.1) is 16.7 Å². The van der Waals surface area contributed by atoms with Gasteiger partial charge in [-0.1, -0.05) is 76.0 Å². The number of aromatic nitrogens is 2. The number of amides is 1. The van der Waals surface area contributed by atoms with Gasteiger partial charge in [0.1, 0.15) is 18.4 Å². The normalized spacial score (nSPS) is 11.3. The molecule has 3 aromatic rings. The Labute approximate surface area is 306 Å². The van der Waals surface area contributed by atoms with Crippen molar-refractivity contribution in [3.63, 3.8) is 0 Å². The highest BCUT2D eigenvalue weighted by Gasteiger charge is 2.24. The van der Waals surface area contributed by atoms with E-state index in [-0.39, 0.29) is 35.1 Å². The van der Waals surface area contributed by atoms with Gasteiger partial charge < -0.3 is 28.8 Å². The van der Waals surface area contributed by atoms with Gasteiger partial charge in [0, 0.05) is 18.6 Å². The van der Waals surface area contributed by atoms with Crippen molar-refractivity contribution in [2.24, 2.45) is 0 Å². The molecule has 0 aliphatic carbocycles. The number of anilines is 1. The molecule has 0 radical (unpaired) electrons. The summed E-state index contributed by atoms with van der Waals surface area (Å²) in [6, 6.07) is 9.21. The van der Waals surface area contributed by atoms with Crippen LogP contribution in [-0.4, -0.2) is 75.2 Å². The first-order valence-corrected chi connectivity index (χ1v) is 18.5. The molecule has 0 saturated carbocycles. The summed E-state index contributed by atoms with van der Waals surface area (Å²) in [5, 5.41) is 14.9. The molecule has 0 aliphatic heterocycles. The topological polar surface area (TPSA) is 194 Å². The number of nitrogens with one attached hydrogen (secondary N) is 1. The van der Waals surface area contributed by atoms with E-state index in [9.17, 15) is 18.9 Å². The number of aliphatic carboxylic acids is 1. The molecule has 0 unspecified atom stereocenters. The largest absolute Gasteiger partial charge is 0.489 e. The highest BCUT2D eigenvalue weighted by Crippen LogP contribution is 2.34. The van der Waals surface area contributed by atoms with Crippen LogP contribution in [0.1, 0.15) is 65.5 Å². The molecular weight excluding hydrogens is 738 g/mol. The van der Waals surface area contributed by atoms with Crippen molar-refractivity contribution in [2.45, 2.75) is 72.8 Å². The van der Waals surface area contributed by atoms with Crippen LogP contribution in [0.25, 0.3) is 5.69 Å². The Balaban J connectivity index is 0.000000402. The third kappa shape index (κ3) is 14.7. The lowest BCUT2D eigenvalue weighted by atomic mass is 9.97. The number of benzene rings is 2. The second-order valence-electron chi connectivity index (χ2n) is 11.9. The molecule has 3 rings (SSSR count). The van der Waals surface area contributed by atoms with E-state index >= 15 is 0 Å². The minimum atomic E-state index is -4.10. The van der Waals surface area contributed by atoms with Crippen LogP contribution in [0.15, 0.2) is 39.5 Å². The highest BCUT2D eigenvalue weighted by atomic mass is 35.5. The second-order valence-corrected chi connectivity index (χ2v) is 14.6. The van der Waals surface area contributed by atoms with Gasteiger partial charge >= 0.3 is 19.3 Å². The zero-order chi connectivity index (χ0) is 38.4. The summed E-state index contributed by atoms with van der Waals surface area (Å²) in [6.45, 7) is 13.4. The smallest absolute Gasteiger partial charge is 0.442 e. The number of aryl methyl sites for hydroxylation is 2. The molecule has 4 N–H and O–H groups in total. The Bertz CT molecular complexity index is 1650. The first kappa shape index (κ1) is 45.1. The first-order valence-electron chi connectivity index (χ1n) is 15.4. The predicted molar refractivity (Wildman–Crippen MR) is 194 cm³/mol. The standard InChI is InChI=1S/C15H18Cl2N2O3.C14H20ClNO2.C3H8NO5P/c1-8(2)21-12-7-11(9(16)6-10(12)17)19-14(20)22-13(18-19)15(3,4)5;1-4-11-7-6-8-12(5-2)14(11)16(10-18-3)13(17)9-15;5-3(6)1-4-2-10(7,8)9/h6-8H,1-5H3;6-8H,4-5,9-10H2,1-3H3;4H,1-2H2,(H,5,6)(H2,7,8,9). The molecule has 0 aliphatic rings. The fraction of sp³-hybridized carbons (Fsp3) is 0.500. The molecule has 2 aromatic carbocycles. The lowest BCUT2D eigenvalue weighted by molar-refractivity contribution is -0.135. The summed E-state index contributed by atoms with van der Waals surface area (Å²) in [7, 11) is -2.52. The van der Waals surface area contributed by atoms with Crippen molar-refractivity contribution in [3.8, 4) is 11.4 Å². The van der Waals surface area contributed by atoms with E-state index in [2.05, 4.69) is 24.3 Å². The van der Waals surface area contributed by atoms with Gasteiger partial charge in [0.2, 0.25) is 11.8 Å². The maximum absolute atomic E-state index is 12.1. The van der Waals surface area contributed by atoms with Gasteiger partial charge in [-0.25, -0.2) is 4.79 Å². The summed E-state index contributed by atoms with van der Waals surface area (Å²) >= 11 is 18.0. The van der Waals surface area contributed by atoms with Gasteiger partial charge in [-0.05, 0) is 43.9 Å². The molecule has 18 heteroatoms. The predicted octanol–water partition coefficient (Wildman–Crippen LogP) is 6.00. The molecule has 0 fully saturated rings. The minimum Gasteiger partial charge on any atom is -0.489 e. The summed E-state index contributed by atoms with van der Waals surface area (Å²) < 4.78 is 27.1. The Morgan fingerprint density at radius 1 is 1.10 bits per heavy atom. The number of rotatable bonds is 13. The maximum atomic E-state index is 12.1. The van der Waals surface area contributed by atoms with E-state index < -0.39 is 32.2 Å². The van der Waals surface area contributed by atoms with E-state index in [0.717, 1.165) is 34.3 Å². The lowest BCUT2D eigenvalue weighted by Crippen LogP contribution is -2.35. The summed E-state index contributed by atoms with van der Waals surface area (Å²) in [4.78, 5) is 51.8. The van der Waals surface area contributed by atoms with Crippen LogP contribution in [0, 0.1) is 0 Å². The number of alkyl halides is 1. The number of hydrogen-bond donors (Lipinski definition) is 4. The maximum Gasteiger partial charge on any atom is 0.442 e. The van der Waals surface area contributed by atoms with Gasteiger partial charge in [0.25, 0.3) is 0 Å². The number of carbonyl (C=O) groups is 2. The minimum absolute atomic E-state index is 0.0371. The Kier molecular flexibility index (Phi) is 18.8. The summed E-state index contributed by atoms with van der Waals surface area (Å²) in [6.07, 6.45) is 1.09. The van der Waals surface area contributed by atoms with E-state index in [1.165, 1.54) is 6.07 Å². The van der Waals surface area contributed by atoms with Crippen LogP contribution in [0.2, 0.25) is 10.0 Å². The number of hydrogen-bond acceptors (Lipinski definition) is 9. The molecule has 1 amide bonds. The number of halogens is 3. The Morgan fingerprint density at radius 3 is 2.10 bits per heavy atom. The number of methoxy groups -OCH3 is 1. The Hall–Kier alpha value is -2.94. The van der Waals surface area contributed by atoms with Gasteiger partial charge in [0.05, 0.1) is 40.4 Å². The third-order valence-corrected chi connectivity index (χ3v) is 7.75. The lowest BCUT2D eigenvalue weighted by Gasteiger charge is -2.26. The summed E-state index contributed by atoms with van der Waals surface area (Å²) in [5.41, 5.74) is 3.22. The molecule has 0 spiro atoms. The third-order valence-electron chi connectivity index (χ3n) is 6.28. The van der Waals surface area contributed by atoms with Crippen molar-refractivity contribution in [1.29, 1.82) is 0 Å². The average molecular weight is 784 g/mol. The van der Waals surface area contributed by atoms with Crippen molar-refractivity contribution in [2.75, 3.05) is 37.5 Å². The quantitative estimate of drug-likeness (QED) is 0.0899. The summed E-state index contributed by atoms with van der Waals surface area (Å²) in [5.74, 6) is -1.16. The number of carbonyl (C=O) groups excluding carboxylic acids is 1. The zero-order valence-corrected chi connectivity index (χ0v) is 32.5. The Morgan fingerprint density at radius 2 is 1.68 bits per heavy atom. The van der Waals surface area contributed by atoms with Crippen LogP contribution in [0.4, 0.5) is 5.69 Å². The molecular formula is C32H46Cl3N4O10P. The molecule has 50 heavy (non-hydrogen) atoms. The SMILES string of the molecule is CC(C)Oc1cc(-n2nc(C(C)(C)C)oc2=O)c(Cl)cc1Cl.CCc1cccc(CC)c1N(COC)C(=O)CCl.O=C(O)CNCP(=O)(O)O. The number of nitrogens with zero attached hydrogens (tertiary/aromatic N) is 3. The molecule has 1 aromatic heterocycles. The molecule has 1 heterocycles. The molecule has 0 saturated heterocycles. The van der Waals surface area contributed by atoms with Crippen LogP contribution in [0.3, 0.4) is 0 Å². The van der Waals surface area contributed by atoms with E-state index in [1.54, 1.807) is 18.1 Å². The van der Waals surface area contributed by atoms with Gasteiger partial charge in [-0.2, -0.15) is 4.68 Å². The van der Waals surface area contributed by atoms with Crippen LogP contribution in [0.5, 0.6) is 5.75 Å². The zero-order valence-electron chi connectivity index (χ0n) is 29.3. The van der Waals surface area contributed by atoms with Crippen molar-refractivity contribution in [1.82, 2.24) is 15.1 Å². The van der Waals surface area contributed by atoms with Crippen LogP contribution in [-0.2, 0) is 37.1 Å². The molecule has 280 valence electrons. The van der Waals surface area contributed by atoms with E-state index in [4.69, 9.17) is 63.6 Å². The molecule has 0 bridgehead atoms. The van der Waals surface area contributed by atoms with Crippen LogP contribution < -0.4 is 20.7 Å².